The molecule has 0 spiro atoms. The van der Waals surface area contributed by atoms with Crippen LogP contribution in [0.15, 0.2) is 30.3 Å². The number of carbonyl (C=O) groups is 1. The molecule has 1 aromatic heterocycles. The number of rotatable bonds is 3. The number of hydrogen-bond acceptors (Lipinski definition) is 3. The zero-order valence-electron chi connectivity index (χ0n) is 14.8. The average Bonchev–Trinajstić information content (AvgIpc) is 2.94. The summed E-state index contributed by atoms with van der Waals surface area (Å²) >= 11 is 7.47. The summed E-state index contributed by atoms with van der Waals surface area (Å²) in [7, 11) is 0. The van der Waals surface area contributed by atoms with Gasteiger partial charge in [-0.3, -0.25) is 10.1 Å². The Labute approximate surface area is 158 Å². The van der Waals surface area contributed by atoms with E-state index in [-0.39, 0.29) is 5.91 Å². The number of carbonyl (C=O) groups excluding carboxylic acids is 1. The minimum absolute atomic E-state index is 0.159. The van der Waals surface area contributed by atoms with Crippen molar-refractivity contribution in [3.05, 3.63) is 51.5 Å². The van der Waals surface area contributed by atoms with Gasteiger partial charge in [0.2, 0.25) is 5.91 Å². The van der Waals surface area contributed by atoms with E-state index in [1.165, 1.54) is 17.4 Å². The number of benzene rings is 1. The number of amides is 1. The maximum absolute atomic E-state index is 12.1. The van der Waals surface area contributed by atoms with Crippen molar-refractivity contribution >= 4 is 40.1 Å². The lowest BCUT2D eigenvalue weighted by atomic mass is 9.73. The molecule has 0 aliphatic heterocycles. The predicted octanol–water partition coefficient (Wildman–Crippen LogP) is 5.60. The van der Waals surface area contributed by atoms with Crippen LogP contribution in [-0.2, 0) is 17.6 Å². The highest BCUT2D eigenvalue weighted by atomic mass is 35.5. The van der Waals surface area contributed by atoms with Crippen LogP contribution in [-0.4, -0.2) is 10.9 Å². The molecule has 0 saturated carbocycles. The van der Waals surface area contributed by atoms with Crippen LogP contribution in [0.2, 0.25) is 5.02 Å². The lowest BCUT2D eigenvalue weighted by molar-refractivity contribution is -0.111. The number of anilines is 1. The second-order valence-corrected chi connectivity index (χ2v) is 9.09. The van der Waals surface area contributed by atoms with Gasteiger partial charge in [0.25, 0.3) is 0 Å². The summed E-state index contributed by atoms with van der Waals surface area (Å²) < 4.78 is 0. The van der Waals surface area contributed by atoms with Crippen LogP contribution in [0.3, 0.4) is 0 Å². The first kappa shape index (κ1) is 18.2. The molecule has 1 unspecified atom stereocenters. The second-order valence-electron chi connectivity index (χ2n) is 7.57. The molecule has 1 aromatic carbocycles. The molecule has 1 aliphatic rings. The molecule has 0 bridgehead atoms. The third-order valence-corrected chi connectivity index (χ3v) is 5.98. The van der Waals surface area contributed by atoms with Gasteiger partial charge in [-0.05, 0) is 54.4 Å². The summed E-state index contributed by atoms with van der Waals surface area (Å²) in [6, 6.07) is 7.36. The normalized spacial score (nSPS) is 17.5. The Morgan fingerprint density at radius 2 is 2.04 bits per heavy atom. The maximum Gasteiger partial charge on any atom is 0.250 e. The van der Waals surface area contributed by atoms with E-state index in [1.807, 2.05) is 12.1 Å². The molecule has 3 rings (SSSR count). The van der Waals surface area contributed by atoms with Crippen molar-refractivity contribution in [2.24, 2.45) is 11.3 Å². The molecule has 132 valence electrons. The van der Waals surface area contributed by atoms with Gasteiger partial charge in [0.1, 0.15) is 0 Å². The summed E-state index contributed by atoms with van der Waals surface area (Å²) in [4.78, 5) is 18.1. The van der Waals surface area contributed by atoms with Crippen LogP contribution < -0.4 is 5.32 Å². The Bertz CT molecular complexity index is 787. The van der Waals surface area contributed by atoms with Crippen molar-refractivity contribution < 1.29 is 4.79 Å². The molecule has 1 aliphatic carbocycles. The highest BCUT2D eigenvalue weighted by molar-refractivity contribution is 7.15. The largest absolute Gasteiger partial charge is 0.298 e. The molecule has 3 nitrogen and oxygen atoms in total. The van der Waals surface area contributed by atoms with Crippen LogP contribution in [0.4, 0.5) is 5.13 Å². The molecule has 1 amide bonds. The topological polar surface area (TPSA) is 42.0 Å². The van der Waals surface area contributed by atoms with Crippen LogP contribution >= 0.6 is 22.9 Å². The van der Waals surface area contributed by atoms with Crippen molar-refractivity contribution in [1.82, 2.24) is 4.98 Å². The van der Waals surface area contributed by atoms with Gasteiger partial charge in [-0.1, -0.05) is 44.5 Å². The molecular formula is C20H23ClN2OS. The second kappa shape index (κ2) is 7.30. The van der Waals surface area contributed by atoms with Gasteiger partial charge >= 0.3 is 0 Å². The number of aryl methyl sites for hydroxylation is 1. The van der Waals surface area contributed by atoms with E-state index < -0.39 is 0 Å². The quantitative estimate of drug-likeness (QED) is 0.710. The highest BCUT2D eigenvalue weighted by Crippen LogP contribution is 2.40. The zero-order valence-corrected chi connectivity index (χ0v) is 16.4. The number of aromatic nitrogens is 1. The van der Waals surface area contributed by atoms with E-state index in [2.05, 4.69) is 31.1 Å². The fraction of sp³-hybridized carbons (Fsp3) is 0.400. The lowest BCUT2D eigenvalue weighted by Crippen LogP contribution is -2.26. The molecule has 1 atom stereocenters. The lowest BCUT2D eigenvalue weighted by Gasteiger charge is -2.33. The summed E-state index contributed by atoms with van der Waals surface area (Å²) in [6.07, 6.45) is 6.54. The number of fused-ring (bicyclic) bond motifs is 1. The molecule has 5 heteroatoms. The Balaban J connectivity index is 1.63. The van der Waals surface area contributed by atoms with Gasteiger partial charge in [-0.25, -0.2) is 4.98 Å². The molecule has 0 fully saturated rings. The average molecular weight is 375 g/mol. The van der Waals surface area contributed by atoms with Crippen molar-refractivity contribution in [2.75, 3.05) is 5.32 Å². The third-order valence-electron chi connectivity index (χ3n) is 4.69. The van der Waals surface area contributed by atoms with Crippen molar-refractivity contribution in [2.45, 2.75) is 40.0 Å². The maximum atomic E-state index is 12.1. The first-order valence-corrected chi connectivity index (χ1v) is 9.74. The van der Waals surface area contributed by atoms with Gasteiger partial charge in [0.15, 0.2) is 5.13 Å². The van der Waals surface area contributed by atoms with Crippen LogP contribution in [0.1, 0.15) is 43.3 Å². The number of nitrogens with zero attached hydrogens (tertiary/aromatic N) is 1. The Kier molecular flexibility index (Phi) is 5.30. The first-order chi connectivity index (χ1) is 11.8. The van der Waals surface area contributed by atoms with E-state index in [4.69, 9.17) is 11.6 Å². The van der Waals surface area contributed by atoms with E-state index in [0.717, 1.165) is 24.1 Å². The van der Waals surface area contributed by atoms with Crippen molar-refractivity contribution in [3.8, 4) is 0 Å². The summed E-state index contributed by atoms with van der Waals surface area (Å²) in [6.45, 7) is 6.90. The Morgan fingerprint density at radius 3 is 2.72 bits per heavy atom. The number of thiazole rings is 1. The molecule has 0 radical (unpaired) electrons. The monoisotopic (exact) mass is 374 g/mol. The summed E-state index contributed by atoms with van der Waals surface area (Å²) in [5.74, 6) is 0.516. The molecular weight excluding hydrogens is 352 g/mol. The Morgan fingerprint density at radius 1 is 1.32 bits per heavy atom. The van der Waals surface area contributed by atoms with E-state index in [1.54, 1.807) is 29.5 Å². The third kappa shape index (κ3) is 4.71. The molecule has 1 N–H and O–H groups in total. The SMILES string of the molecule is CC(C)(C)C1CCc2nc(NC(=O)/C=C/c3ccc(Cl)cc3)sc2C1. The van der Waals surface area contributed by atoms with Crippen LogP contribution in [0.5, 0.6) is 0 Å². The Hall–Kier alpha value is -1.65. The fourth-order valence-corrected chi connectivity index (χ4v) is 4.28. The minimum atomic E-state index is -0.159. The molecule has 25 heavy (non-hydrogen) atoms. The number of hydrogen-bond donors (Lipinski definition) is 1. The fourth-order valence-electron chi connectivity index (χ4n) is 3.06. The van der Waals surface area contributed by atoms with Crippen LogP contribution in [0.25, 0.3) is 6.08 Å². The summed E-state index contributed by atoms with van der Waals surface area (Å²) in [5, 5.41) is 4.27. The van der Waals surface area contributed by atoms with Crippen molar-refractivity contribution in [1.29, 1.82) is 0 Å². The smallest absolute Gasteiger partial charge is 0.250 e. The zero-order chi connectivity index (χ0) is 18.0. The standard InChI is InChI=1S/C20H23ClN2OS/c1-20(2,3)14-7-10-16-17(12-14)25-19(22-16)23-18(24)11-6-13-4-8-15(21)9-5-13/h4-6,8-9,11,14H,7,10,12H2,1-3H3,(H,22,23,24)/b11-6+. The van der Waals surface area contributed by atoms with Crippen LogP contribution in [0, 0.1) is 11.3 Å². The summed E-state index contributed by atoms with van der Waals surface area (Å²) in [5.41, 5.74) is 2.40. The highest BCUT2D eigenvalue weighted by Gasteiger charge is 2.30. The van der Waals surface area contributed by atoms with Gasteiger partial charge in [0.05, 0.1) is 5.69 Å². The molecule has 0 saturated heterocycles. The van der Waals surface area contributed by atoms with Gasteiger partial charge in [0, 0.05) is 16.0 Å². The number of nitrogens with one attached hydrogen (secondary N) is 1. The van der Waals surface area contributed by atoms with E-state index in [0.29, 0.717) is 21.5 Å². The van der Waals surface area contributed by atoms with Crippen molar-refractivity contribution in [3.63, 3.8) is 0 Å². The van der Waals surface area contributed by atoms with E-state index in [9.17, 15) is 4.79 Å². The first-order valence-electron chi connectivity index (χ1n) is 8.54. The number of halogens is 1. The van der Waals surface area contributed by atoms with Gasteiger partial charge in [-0.2, -0.15) is 0 Å². The van der Waals surface area contributed by atoms with Gasteiger partial charge in [-0.15, -0.1) is 11.3 Å². The molecule has 2 aromatic rings. The molecule has 1 heterocycles. The van der Waals surface area contributed by atoms with E-state index >= 15 is 0 Å². The minimum Gasteiger partial charge on any atom is -0.298 e. The van der Waals surface area contributed by atoms with Gasteiger partial charge < -0.3 is 0 Å². The predicted molar refractivity (Wildman–Crippen MR) is 106 cm³/mol.